The zero-order chi connectivity index (χ0) is 10.1. The van der Waals surface area contributed by atoms with Crippen LogP contribution in [0.25, 0.3) is 0 Å². The van der Waals surface area contributed by atoms with Gasteiger partial charge in [0.05, 0.1) is 0 Å². The first kappa shape index (κ1) is 13.9. The van der Waals surface area contributed by atoms with E-state index in [9.17, 15) is 0 Å². The lowest BCUT2D eigenvalue weighted by Gasteiger charge is -2.03. The van der Waals surface area contributed by atoms with Crippen LogP contribution < -0.4 is 0 Å². The van der Waals surface area contributed by atoms with E-state index in [4.69, 9.17) is 19.8 Å². The van der Waals surface area contributed by atoms with Crippen LogP contribution in [0.1, 0.15) is 0 Å². The maximum atomic E-state index is 9.10. The van der Waals surface area contributed by atoms with Crippen LogP contribution in [-0.2, 0) is 9.59 Å². The molecule has 0 aliphatic heterocycles. The highest BCUT2D eigenvalue weighted by Crippen LogP contribution is 1.79. The van der Waals surface area contributed by atoms with E-state index in [1.807, 2.05) is 0 Å². The number of carboxylic acid groups (broad SMARTS) is 2. The number of aliphatic carboxylic acids is 2. The molecule has 0 aliphatic carbocycles. The molecule has 12 heavy (non-hydrogen) atoms. The van der Waals surface area contributed by atoms with Gasteiger partial charge in [0.15, 0.2) is 0 Å². The van der Waals surface area contributed by atoms with Crippen molar-refractivity contribution in [2.24, 2.45) is 0 Å². The zero-order valence-corrected chi connectivity index (χ0v) is 8.54. The maximum Gasteiger partial charge on any atom is 0.414 e. The van der Waals surface area contributed by atoms with Crippen molar-refractivity contribution in [3.8, 4) is 0 Å². The summed E-state index contributed by atoms with van der Waals surface area (Å²) in [5.74, 6) is -3.65. The van der Waals surface area contributed by atoms with Gasteiger partial charge in [-0.15, -0.1) is 0 Å². The Morgan fingerprint density at radius 3 is 1.58 bits per heavy atom. The monoisotopic (exact) mass is 241 g/mol. The van der Waals surface area contributed by atoms with E-state index in [-0.39, 0.29) is 0 Å². The van der Waals surface area contributed by atoms with Gasteiger partial charge in [-0.25, -0.2) is 9.59 Å². The van der Waals surface area contributed by atoms with E-state index < -0.39 is 11.9 Å². The van der Waals surface area contributed by atoms with Gasteiger partial charge < -0.3 is 15.1 Å². The third kappa shape index (κ3) is 16.2. The first-order valence-electron chi connectivity index (χ1n) is 3.08. The van der Waals surface area contributed by atoms with Crippen LogP contribution in [0.5, 0.6) is 0 Å². The molecule has 0 saturated heterocycles. The van der Waals surface area contributed by atoms with Gasteiger partial charge >= 0.3 is 11.9 Å². The summed E-state index contributed by atoms with van der Waals surface area (Å²) in [6.45, 7) is 1.12. The average Bonchev–Trinajstić information content (AvgIpc) is 1.87. The highest BCUT2D eigenvalue weighted by molar-refractivity contribution is 9.09. The van der Waals surface area contributed by atoms with Crippen molar-refractivity contribution in [3.05, 3.63) is 0 Å². The normalized spacial score (nSPS) is 8.67. The highest BCUT2D eigenvalue weighted by Gasteiger charge is 2.04. The molecule has 0 saturated carbocycles. The van der Waals surface area contributed by atoms with Crippen LogP contribution in [-0.4, -0.2) is 53.0 Å². The minimum absolute atomic E-state index is 1.07. The molecule has 5 nitrogen and oxygen atoms in total. The van der Waals surface area contributed by atoms with E-state index >= 15 is 0 Å². The van der Waals surface area contributed by atoms with E-state index in [0.29, 0.717) is 0 Å². The predicted octanol–water partition coefficient (Wildman–Crippen LogP) is 0.0985. The number of alkyl halides is 1. The summed E-state index contributed by atoms with van der Waals surface area (Å²) in [4.78, 5) is 20.3. The van der Waals surface area contributed by atoms with Crippen LogP contribution in [0.3, 0.4) is 0 Å². The molecular formula is C6H12BrNO4. The number of hydrogen-bond acceptors (Lipinski definition) is 3. The molecular weight excluding hydrogens is 230 g/mol. The van der Waals surface area contributed by atoms with Crippen LogP contribution in [0.4, 0.5) is 0 Å². The van der Waals surface area contributed by atoms with E-state index in [1.165, 1.54) is 0 Å². The highest BCUT2D eigenvalue weighted by atomic mass is 79.9. The van der Waals surface area contributed by atoms with Gasteiger partial charge in [-0.05, 0) is 14.1 Å². The van der Waals surface area contributed by atoms with Crippen molar-refractivity contribution in [2.45, 2.75) is 0 Å². The Kier molecular flexibility index (Phi) is 9.84. The molecule has 0 fully saturated rings. The summed E-state index contributed by atoms with van der Waals surface area (Å²) in [7, 11) is 4.11. The average molecular weight is 242 g/mol. The summed E-state index contributed by atoms with van der Waals surface area (Å²) in [5, 5.41) is 15.9. The molecule has 0 heterocycles. The fourth-order valence-corrected chi connectivity index (χ4v) is 0.878. The summed E-state index contributed by atoms with van der Waals surface area (Å²) in [6.07, 6.45) is 0. The van der Waals surface area contributed by atoms with Crippen molar-refractivity contribution < 1.29 is 19.8 Å². The lowest BCUT2D eigenvalue weighted by Crippen LogP contribution is -2.13. The molecule has 2 N–H and O–H groups in total. The first-order valence-corrected chi connectivity index (χ1v) is 4.20. The molecule has 0 bridgehead atoms. The number of halogens is 1. The van der Waals surface area contributed by atoms with Gasteiger partial charge in [-0.3, -0.25) is 0 Å². The number of hydrogen-bond donors (Lipinski definition) is 2. The van der Waals surface area contributed by atoms with Gasteiger partial charge in [-0.2, -0.15) is 0 Å². The predicted molar refractivity (Wildman–Crippen MR) is 47.6 cm³/mol. The zero-order valence-electron chi connectivity index (χ0n) is 6.95. The Morgan fingerprint density at radius 1 is 1.25 bits per heavy atom. The van der Waals surface area contributed by atoms with Crippen molar-refractivity contribution in [1.82, 2.24) is 4.90 Å². The lowest BCUT2D eigenvalue weighted by molar-refractivity contribution is -0.159. The SMILES string of the molecule is CN(C)CCBr.O=C(O)C(=O)O. The molecule has 0 unspecified atom stereocenters. The Hall–Kier alpha value is -0.620. The summed E-state index contributed by atoms with van der Waals surface area (Å²) < 4.78 is 0. The molecule has 72 valence electrons. The summed E-state index contributed by atoms with van der Waals surface area (Å²) in [6, 6.07) is 0. The molecule has 0 aromatic rings. The second-order valence-electron chi connectivity index (χ2n) is 2.10. The Balaban J connectivity index is 0. The fraction of sp³-hybridized carbons (Fsp3) is 0.667. The molecule has 0 aromatic carbocycles. The van der Waals surface area contributed by atoms with E-state index in [2.05, 4.69) is 34.9 Å². The largest absolute Gasteiger partial charge is 0.473 e. The Labute approximate surface area is 79.1 Å². The van der Waals surface area contributed by atoms with Crippen molar-refractivity contribution in [3.63, 3.8) is 0 Å². The first-order chi connectivity index (χ1) is 5.41. The molecule has 0 aliphatic rings. The standard InChI is InChI=1S/C4H10BrN.C2H2O4/c1-6(2)4-3-5;3-1(4)2(5)6/h3-4H2,1-2H3;(H,3,4)(H,5,6). The molecule has 0 aromatic heterocycles. The second kappa shape index (κ2) is 8.48. The number of carbonyl (C=O) groups is 2. The maximum absolute atomic E-state index is 9.10. The topological polar surface area (TPSA) is 77.8 Å². The molecule has 0 amide bonds. The quantitative estimate of drug-likeness (QED) is 0.530. The minimum atomic E-state index is -1.82. The summed E-state index contributed by atoms with van der Waals surface area (Å²) >= 11 is 3.31. The minimum Gasteiger partial charge on any atom is -0.473 e. The van der Waals surface area contributed by atoms with Gasteiger partial charge in [0.2, 0.25) is 0 Å². The number of carboxylic acids is 2. The molecule has 6 heteroatoms. The van der Waals surface area contributed by atoms with Crippen LogP contribution >= 0.6 is 15.9 Å². The van der Waals surface area contributed by atoms with E-state index in [0.717, 1.165) is 11.9 Å². The Bertz CT molecular complexity index is 136. The molecule has 0 atom stereocenters. The third-order valence-corrected chi connectivity index (χ3v) is 1.07. The van der Waals surface area contributed by atoms with Crippen molar-refractivity contribution in [1.29, 1.82) is 0 Å². The van der Waals surface area contributed by atoms with Gasteiger partial charge in [-0.1, -0.05) is 15.9 Å². The number of rotatable bonds is 2. The smallest absolute Gasteiger partial charge is 0.414 e. The fourth-order valence-electron chi connectivity index (χ4n) is 0.169. The second-order valence-corrected chi connectivity index (χ2v) is 2.90. The molecule has 0 rings (SSSR count). The van der Waals surface area contributed by atoms with Gasteiger partial charge in [0.25, 0.3) is 0 Å². The van der Waals surface area contributed by atoms with Crippen LogP contribution in [0.15, 0.2) is 0 Å². The van der Waals surface area contributed by atoms with Crippen LogP contribution in [0, 0.1) is 0 Å². The lowest BCUT2D eigenvalue weighted by atomic mass is 10.7. The molecule has 0 spiro atoms. The summed E-state index contributed by atoms with van der Waals surface area (Å²) in [5.41, 5.74) is 0. The van der Waals surface area contributed by atoms with E-state index in [1.54, 1.807) is 0 Å². The third-order valence-electron chi connectivity index (χ3n) is 0.715. The van der Waals surface area contributed by atoms with Gasteiger partial charge in [0, 0.05) is 11.9 Å². The molecule has 0 radical (unpaired) electrons. The Morgan fingerprint density at radius 2 is 1.58 bits per heavy atom. The number of nitrogens with zero attached hydrogens (tertiary/aromatic N) is 1. The van der Waals surface area contributed by atoms with Gasteiger partial charge in [0.1, 0.15) is 0 Å². The van der Waals surface area contributed by atoms with Crippen molar-refractivity contribution in [2.75, 3.05) is 26.0 Å². The van der Waals surface area contributed by atoms with Crippen molar-refractivity contribution >= 4 is 27.9 Å². The van der Waals surface area contributed by atoms with Crippen LogP contribution in [0.2, 0.25) is 0 Å².